The lowest BCUT2D eigenvalue weighted by atomic mass is 9.86. The van der Waals surface area contributed by atoms with E-state index in [1.54, 1.807) is 11.3 Å². The number of carboxylic acid groups (broad SMARTS) is 1. The average molecular weight is 295 g/mol. The van der Waals surface area contributed by atoms with Crippen molar-refractivity contribution < 1.29 is 14.7 Å². The van der Waals surface area contributed by atoms with Crippen LogP contribution in [0.15, 0.2) is 11.4 Å². The maximum atomic E-state index is 12.5. The highest BCUT2D eigenvalue weighted by atomic mass is 32.1. The van der Waals surface area contributed by atoms with Crippen LogP contribution >= 0.6 is 11.3 Å². The zero-order valence-electron chi connectivity index (χ0n) is 11.9. The first-order valence-electron chi connectivity index (χ1n) is 6.99. The van der Waals surface area contributed by atoms with Crippen LogP contribution < -0.4 is 5.32 Å². The first kappa shape index (κ1) is 15.0. The summed E-state index contributed by atoms with van der Waals surface area (Å²) in [6.45, 7) is 3.76. The number of aryl methyl sites for hydroxylation is 1. The molecule has 2 N–H and O–H groups in total. The van der Waals surface area contributed by atoms with Gasteiger partial charge in [-0.2, -0.15) is 0 Å². The molecule has 0 spiro atoms. The molecule has 1 aromatic rings. The maximum Gasteiger partial charge on any atom is 0.303 e. The largest absolute Gasteiger partial charge is 0.481 e. The van der Waals surface area contributed by atoms with E-state index in [2.05, 4.69) is 5.32 Å². The van der Waals surface area contributed by atoms with Crippen molar-refractivity contribution in [3.8, 4) is 0 Å². The molecule has 0 bridgehead atoms. The fourth-order valence-corrected chi connectivity index (χ4v) is 3.65. The molecular formula is C15H21NO3S. The van der Waals surface area contributed by atoms with E-state index in [0.717, 1.165) is 24.8 Å². The van der Waals surface area contributed by atoms with Gasteiger partial charge in [-0.05, 0) is 56.5 Å². The van der Waals surface area contributed by atoms with Crippen molar-refractivity contribution in [3.63, 3.8) is 0 Å². The first-order chi connectivity index (χ1) is 9.39. The van der Waals surface area contributed by atoms with Crippen LogP contribution in [-0.4, -0.2) is 22.5 Å². The van der Waals surface area contributed by atoms with E-state index in [4.69, 9.17) is 5.11 Å². The molecular weight excluding hydrogens is 274 g/mol. The molecule has 2 rings (SSSR count). The summed E-state index contributed by atoms with van der Waals surface area (Å²) < 4.78 is 0. The normalized spacial score (nSPS) is 18.4. The monoisotopic (exact) mass is 295 g/mol. The minimum atomic E-state index is -0.829. The molecule has 4 nitrogen and oxygen atoms in total. The number of rotatable bonds is 5. The van der Waals surface area contributed by atoms with Gasteiger partial charge < -0.3 is 10.4 Å². The number of amides is 1. The highest BCUT2D eigenvalue weighted by Crippen LogP contribution is 2.35. The van der Waals surface area contributed by atoms with Gasteiger partial charge in [0.15, 0.2) is 0 Å². The van der Waals surface area contributed by atoms with E-state index >= 15 is 0 Å². The van der Waals surface area contributed by atoms with E-state index < -0.39 is 11.5 Å². The van der Waals surface area contributed by atoms with E-state index in [1.165, 1.54) is 4.88 Å². The van der Waals surface area contributed by atoms with Crippen LogP contribution in [0.2, 0.25) is 0 Å². The Morgan fingerprint density at radius 1 is 1.50 bits per heavy atom. The van der Waals surface area contributed by atoms with Crippen molar-refractivity contribution in [1.29, 1.82) is 0 Å². The summed E-state index contributed by atoms with van der Waals surface area (Å²) in [6, 6.07) is 2.05. The number of nitrogens with one attached hydrogen (secondary N) is 1. The van der Waals surface area contributed by atoms with Crippen LogP contribution in [0.1, 0.15) is 55.9 Å². The predicted octanol–water partition coefficient (Wildman–Crippen LogP) is 2.93. The highest BCUT2D eigenvalue weighted by Gasteiger charge is 2.30. The third kappa shape index (κ3) is 3.60. The summed E-state index contributed by atoms with van der Waals surface area (Å²) in [5, 5.41) is 13.8. The molecule has 1 aliphatic rings. The number of thiophene rings is 1. The molecule has 20 heavy (non-hydrogen) atoms. The van der Waals surface area contributed by atoms with Crippen molar-refractivity contribution in [2.45, 2.75) is 57.4 Å². The molecule has 1 atom stereocenters. The molecule has 1 unspecified atom stereocenters. The minimum absolute atomic E-state index is 0.0275. The minimum Gasteiger partial charge on any atom is -0.481 e. The van der Waals surface area contributed by atoms with Gasteiger partial charge in [-0.3, -0.25) is 9.59 Å². The van der Waals surface area contributed by atoms with Gasteiger partial charge in [-0.25, -0.2) is 0 Å². The summed E-state index contributed by atoms with van der Waals surface area (Å²) >= 11 is 1.72. The summed E-state index contributed by atoms with van der Waals surface area (Å²) in [4.78, 5) is 24.4. The van der Waals surface area contributed by atoms with Crippen LogP contribution in [-0.2, 0) is 16.0 Å². The molecule has 0 aliphatic heterocycles. The third-order valence-corrected chi connectivity index (χ3v) is 4.79. The van der Waals surface area contributed by atoms with Crippen LogP contribution in [0.25, 0.3) is 0 Å². The Labute approximate surface area is 123 Å². The molecule has 0 saturated heterocycles. The van der Waals surface area contributed by atoms with Crippen molar-refractivity contribution in [2.24, 2.45) is 0 Å². The number of hydrogen-bond acceptors (Lipinski definition) is 3. The van der Waals surface area contributed by atoms with Crippen LogP contribution in [0.4, 0.5) is 0 Å². The van der Waals surface area contributed by atoms with E-state index in [1.807, 2.05) is 25.3 Å². The fraction of sp³-hybridized carbons (Fsp3) is 0.600. The lowest BCUT2D eigenvalue weighted by Crippen LogP contribution is -2.46. The fourth-order valence-electron chi connectivity index (χ4n) is 2.66. The van der Waals surface area contributed by atoms with Gasteiger partial charge in [0.25, 0.3) is 0 Å². The SMILES string of the molecule is CC(C)(CCC(=O)O)NC(=O)C1CCCc2sccc21. The summed E-state index contributed by atoms with van der Waals surface area (Å²) in [5.74, 6) is -0.876. The Balaban J connectivity index is 2.01. The molecule has 1 amide bonds. The lowest BCUT2D eigenvalue weighted by Gasteiger charge is -2.30. The molecule has 0 saturated carbocycles. The second-order valence-electron chi connectivity index (χ2n) is 6.01. The second-order valence-corrected chi connectivity index (χ2v) is 7.01. The lowest BCUT2D eigenvalue weighted by molar-refractivity contribution is -0.138. The maximum absolute atomic E-state index is 12.5. The van der Waals surface area contributed by atoms with Gasteiger partial charge in [0.05, 0.1) is 5.92 Å². The summed E-state index contributed by atoms with van der Waals surface area (Å²) in [5.41, 5.74) is 0.677. The Kier molecular flexibility index (Phi) is 4.48. The molecule has 0 aromatic carbocycles. The van der Waals surface area contributed by atoms with Crippen molar-refractivity contribution >= 4 is 23.2 Å². The van der Waals surface area contributed by atoms with Gasteiger partial charge >= 0.3 is 5.97 Å². The predicted molar refractivity (Wildman–Crippen MR) is 79.1 cm³/mol. The number of carbonyl (C=O) groups excluding carboxylic acids is 1. The quantitative estimate of drug-likeness (QED) is 0.877. The highest BCUT2D eigenvalue weighted by molar-refractivity contribution is 7.10. The van der Waals surface area contributed by atoms with Crippen molar-refractivity contribution in [2.75, 3.05) is 0 Å². The molecule has 110 valence electrons. The molecule has 1 aromatic heterocycles. The van der Waals surface area contributed by atoms with Gasteiger partial charge in [-0.15, -0.1) is 11.3 Å². The van der Waals surface area contributed by atoms with Crippen LogP contribution in [0.5, 0.6) is 0 Å². The van der Waals surface area contributed by atoms with Gasteiger partial charge in [-0.1, -0.05) is 0 Å². The second kappa shape index (κ2) is 5.95. The number of carboxylic acids is 1. The standard InChI is InChI=1S/C15H21NO3S/c1-15(2,8-6-13(17)18)16-14(19)11-4-3-5-12-10(11)7-9-20-12/h7,9,11H,3-6,8H2,1-2H3,(H,16,19)(H,17,18). The van der Waals surface area contributed by atoms with Gasteiger partial charge in [0, 0.05) is 16.8 Å². The first-order valence-corrected chi connectivity index (χ1v) is 7.87. The number of carbonyl (C=O) groups is 2. The molecule has 5 heteroatoms. The van der Waals surface area contributed by atoms with Crippen LogP contribution in [0.3, 0.4) is 0 Å². The third-order valence-electron chi connectivity index (χ3n) is 3.79. The van der Waals surface area contributed by atoms with Gasteiger partial charge in [0.1, 0.15) is 0 Å². The Morgan fingerprint density at radius 2 is 2.25 bits per heavy atom. The average Bonchev–Trinajstić information content (AvgIpc) is 2.83. The molecule has 0 fully saturated rings. The number of fused-ring (bicyclic) bond motifs is 1. The Morgan fingerprint density at radius 3 is 2.95 bits per heavy atom. The topological polar surface area (TPSA) is 66.4 Å². The zero-order chi connectivity index (χ0) is 14.8. The number of hydrogen-bond donors (Lipinski definition) is 2. The molecule has 0 radical (unpaired) electrons. The Hall–Kier alpha value is -1.36. The molecule has 1 aliphatic carbocycles. The summed E-state index contributed by atoms with van der Waals surface area (Å²) in [6.07, 6.45) is 3.50. The zero-order valence-corrected chi connectivity index (χ0v) is 12.8. The molecule has 1 heterocycles. The van der Waals surface area contributed by atoms with Gasteiger partial charge in [0.2, 0.25) is 5.91 Å². The van der Waals surface area contributed by atoms with Crippen LogP contribution in [0, 0.1) is 0 Å². The number of aliphatic carboxylic acids is 1. The summed E-state index contributed by atoms with van der Waals surface area (Å²) in [7, 11) is 0. The van der Waals surface area contributed by atoms with Crippen molar-refractivity contribution in [1.82, 2.24) is 5.32 Å². The Bertz CT molecular complexity index is 507. The van der Waals surface area contributed by atoms with E-state index in [9.17, 15) is 9.59 Å². The van der Waals surface area contributed by atoms with Crippen molar-refractivity contribution in [3.05, 3.63) is 21.9 Å². The van der Waals surface area contributed by atoms with E-state index in [0.29, 0.717) is 6.42 Å². The smallest absolute Gasteiger partial charge is 0.303 e. The van der Waals surface area contributed by atoms with E-state index in [-0.39, 0.29) is 18.2 Å².